The van der Waals surface area contributed by atoms with E-state index in [0.717, 1.165) is 5.56 Å². The Morgan fingerprint density at radius 2 is 2.00 bits per heavy atom. The molecule has 1 amide bonds. The number of nitrogens with one attached hydrogen (secondary N) is 1. The molecule has 0 unspecified atom stereocenters. The van der Waals surface area contributed by atoms with Gasteiger partial charge in [0.25, 0.3) is 0 Å². The third-order valence-electron chi connectivity index (χ3n) is 2.08. The molecule has 0 saturated heterocycles. The fraction of sp³-hybridized carbons (Fsp3) is 0.462. The molecule has 3 nitrogen and oxygen atoms in total. The monoisotopic (exact) mass is 289 g/mol. The van der Waals surface area contributed by atoms with Crippen LogP contribution in [0.1, 0.15) is 26.3 Å². The summed E-state index contributed by atoms with van der Waals surface area (Å²) in [6, 6.07) is 5.31. The van der Waals surface area contributed by atoms with Crippen molar-refractivity contribution in [3.63, 3.8) is 0 Å². The van der Waals surface area contributed by atoms with Crippen molar-refractivity contribution >= 4 is 29.3 Å². The molecule has 0 radical (unpaired) electrons. The first-order chi connectivity index (χ1) is 8.28. The lowest BCUT2D eigenvalue weighted by Gasteiger charge is -2.19. The summed E-state index contributed by atoms with van der Waals surface area (Å²) in [5.74, 6) is 0. The Balaban J connectivity index is 2.40. The molecule has 100 valence electrons. The average molecular weight is 290 g/mol. The van der Waals surface area contributed by atoms with Gasteiger partial charge in [0.2, 0.25) is 0 Å². The van der Waals surface area contributed by atoms with E-state index in [1.54, 1.807) is 12.1 Å². The van der Waals surface area contributed by atoms with Crippen molar-refractivity contribution in [3.8, 4) is 0 Å². The highest BCUT2D eigenvalue weighted by molar-refractivity contribution is 6.35. The Morgan fingerprint density at radius 3 is 2.56 bits per heavy atom. The first-order valence-corrected chi connectivity index (χ1v) is 6.44. The molecule has 1 aromatic carbocycles. The summed E-state index contributed by atoms with van der Waals surface area (Å²) in [6.07, 6.45) is 0.211. The van der Waals surface area contributed by atoms with Crippen LogP contribution in [0.3, 0.4) is 0 Å². The van der Waals surface area contributed by atoms with Crippen LogP contribution >= 0.6 is 23.2 Å². The maximum atomic E-state index is 11.4. The molecule has 18 heavy (non-hydrogen) atoms. The molecule has 1 aromatic rings. The first-order valence-electron chi connectivity index (χ1n) is 5.69. The van der Waals surface area contributed by atoms with Crippen LogP contribution < -0.4 is 5.32 Å². The molecular formula is C13H17Cl2NO2. The number of carbonyl (C=O) groups is 1. The third-order valence-corrected chi connectivity index (χ3v) is 2.66. The number of ether oxygens (including phenoxy) is 1. The topological polar surface area (TPSA) is 38.3 Å². The van der Waals surface area contributed by atoms with E-state index in [4.69, 9.17) is 27.9 Å². The number of benzene rings is 1. The smallest absolute Gasteiger partial charge is 0.407 e. The van der Waals surface area contributed by atoms with Gasteiger partial charge in [-0.15, -0.1) is 0 Å². The highest BCUT2D eigenvalue weighted by Gasteiger charge is 2.15. The van der Waals surface area contributed by atoms with Crippen LogP contribution in [0.4, 0.5) is 4.79 Å². The van der Waals surface area contributed by atoms with Crippen molar-refractivity contribution in [1.29, 1.82) is 0 Å². The summed E-state index contributed by atoms with van der Waals surface area (Å²) < 4.78 is 5.12. The van der Waals surface area contributed by atoms with Gasteiger partial charge < -0.3 is 10.1 Å². The molecular weight excluding hydrogens is 273 g/mol. The van der Waals surface area contributed by atoms with Crippen LogP contribution in [0.15, 0.2) is 18.2 Å². The summed E-state index contributed by atoms with van der Waals surface area (Å²) in [6.45, 7) is 5.93. The normalized spacial score (nSPS) is 11.2. The highest BCUT2D eigenvalue weighted by atomic mass is 35.5. The zero-order valence-electron chi connectivity index (χ0n) is 10.7. The maximum absolute atomic E-state index is 11.4. The van der Waals surface area contributed by atoms with E-state index < -0.39 is 11.7 Å². The van der Waals surface area contributed by atoms with Gasteiger partial charge in [0.05, 0.1) is 0 Å². The Labute approximate surface area is 117 Å². The molecule has 0 bridgehead atoms. The lowest BCUT2D eigenvalue weighted by atomic mass is 10.1. The lowest BCUT2D eigenvalue weighted by molar-refractivity contribution is 0.0528. The van der Waals surface area contributed by atoms with E-state index in [1.807, 2.05) is 26.8 Å². The second-order valence-electron chi connectivity index (χ2n) is 4.91. The summed E-state index contributed by atoms with van der Waals surface area (Å²) in [5.41, 5.74) is 0.458. The van der Waals surface area contributed by atoms with E-state index in [-0.39, 0.29) is 0 Å². The molecule has 0 heterocycles. The van der Waals surface area contributed by atoms with E-state index in [9.17, 15) is 4.79 Å². The predicted octanol–water partition coefficient (Wildman–Crippen LogP) is 4.06. The molecule has 0 fully saturated rings. The van der Waals surface area contributed by atoms with Gasteiger partial charge in [-0.05, 0) is 44.9 Å². The molecule has 0 aliphatic carbocycles. The molecule has 0 spiro atoms. The number of hydrogen-bond acceptors (Lipinski definition) is 2. The lowest BCUT2D eigenvalue weighted by Crippen LogP contribution is -2.33. The summed E-state index contributed by atoms with van der Waals surface area (Å²) in [7, 11) is 0. The van der Waals surface area contributed by atoms with Crippen LogP contribution in [0.2, 0.25) is 10.0 Å². The largest absolute Gasteiger partial charge is 0.444 e. The molecule has 1 N–H and O–H groups in total. The second-order valence-corrected chi connectivity index (χ2v) is 5.76. The Kier molecular flexibility index (Phi) is 5.29. The second kappa shape index (κ2) is 6.30. The van der Waals surface area contributed by atoms with Crippen LogP contribution in [0.25, 0.3) is 0 Å². The van der Waals surface area contributed by atoms with Gasteiger partial charge in [-0.1, -0.05) is 29.3 Å². The first kappa shape index (κ1) is 15.1. The summed E-state index contributed by atoms with van der Waals surface area (Å²) in [4.78, 5) is 11.4. The number of hydrogen-bond donors (Lipinski definition) is 1. The number of carbonyl (C=O) groups excluding carboxylic acids is 1. The number of alkyl carbamates (subject to hydrolysis) is 1. The highest BCUT2D eigenvalue weighted by Crippen LogP contribution is 2.21. The SMILES string of the molecule is CC(C)(C)OC(=O)NCCc1ccc(Cl)cc1Cl. The molecule has 5 heteroatoms. The van der Waals surface area contributed by atoms with Crippen LogP contribution in [0, 0.1) is 0 Å². The van der Waals surface area contributed by atoms with Crippen molar-refractivity contribution in [2.24, 2.45) is 0 Å². The van der Waals surface area contributed by atoms with Crippen molar-refractivity contribution in [2.45, 2.75) is 32.8 Å². The van der Waals surface area contributed by atoms with E-state index in [0.29, 0.717) is 23.0 Å². The minimum absolute atomic E-state index is 0.424. The van der Waals surface area contributed by atoms with Crippen molar-refractivity contribution < 1.29 is 9.53 Å². The Morgan fingerprint density at radius 1 is 1.33 bits per heavy atom. The summed E-state index contributed by atoms with van der Waals surface area (Å²) >= 11 is 11.8. The van der Waals surface area contributed by atoms with Gasteiger partial charge in [-0.2, -0.15) is 0 Å². The average Bonchev–Trinajstić information content (AvgIpc) is 2.18. The zero-order valence-corrected chi connectivity index (χ0v) is 12.2. The fourth-order valence-electron chi connectivity index (χ4n) is 1.34. The van der Waals surface area contributed by atoms with Gasteiger partial charge in [0.1, 0.15) is 5.60 Å². The molecule has 0 aromatic heterocycles. The minimum atomic E-state index is -0.484. The Hall–Kier alpha value is -0.930. The fourth-order valence-corrected chi connectivity index (χ4v) is 1.84. The van der Waals surface area contributed by atoms with Gasteiger partial charge >= 0.3 is 6.09 Å². The van der Waals surface area contributed by atoms with Crippen LogP contribution in [-0.2, 0) is 11.2 Å². The Bertz CT molecular complexity index is 427. The standard InChI is InChI=1S/C13H17Cl2NO2/c1-13(2,3)18-12(17)16-7-6-9-4-5-10(14)8-11(9)15/h4-5,8H,6-7H2,1-3H3,(H,16,17). The minimum Gasteiger partial charge on any atom is -0.444 e. The summed E-state index contributed by atoms with van der Waals surface area (Å²) in [5, 5.41) is 3.88. The van der Waals surface area contributed by atoms with Gasteiger partial charge in [0, 0.05) is 16.6 Å². The number of halogens is 2. The maximum Gasteiger partial charge on any atom is 0.407 e. The van der Waals surface area contributed by atoms with Gasteiger partial charge in [-0.3, -0.25) is 0 Å². The van der Waals surface area contributed by atoms with E-state index in [2.05, 4.69) is 5.32 Å². The number of rotatable bonds is 3. The van der Waals surface area contributed by atoms with Crippen molar-refractivity contribution in [1.82, 2.24) is 5.32 Å². The molecule has 1 rings (SSSR count). The van der Waals surface area contributed by atoms with Crippen LogP contribution in [0.5, 0.6) is 0 Å². The number of amides is 1. The zero-order chi connectivity index (χ0) is 13.8. The van der Waals surface area contributed by atoms with E-state index in [1.165, 1.54) is 0 Å². The molecule has 0 saturated carbocycles. The quantitative estimate of drug-likeness (QED) is 0.911. The van der Waals surface area contributed by atoms with Crippen molar-refractivity contribution in [3.05, 3.63) is 33.8 Å². The van der Waals surface area contributed by atoms with Crippen molar-refractivity contribution in [2.75, 3.05) is 6.54 Å². The predicted molar refractivity (Wildman–Crippen MR) is 74.4 cm³/mol. The van der Waals surface area contributed by atoms with Gasteiger partial charge in [0.15, 0.2) is 0 Å². The van der Waals surface area contributed by atoms with Crippen LogP contribution in [-0.4, -0.2) is 18.2 Å². The van der Waals surface area contributed by atoms with Gasteiger partial charge in [-0.25, -0.2) is 4.79 Å². The van der Waals surface area contributed by atoms with E-state index >= 15 is 0 Å². The molecule has 0 aliphatic heterocycles. The molecule has 0 aliphatic rings. The molecule has 0 atom stereocenters. The third kappa shape index (κ3) is 5.61.